The molecule has 0 saturated carbocycles. The van der Waals surface area contributed by atoms with Crippen molar-refractivity contribution in [2.75, 3.05) is 13.2 Å². The highest BCUT2D eigenvalue weighted by atomic mass is 16.7. The van der Waals surface area contributed by atoms with E-state index >= 15 is 0 Å². The minimum absolute atomic E-state index is 0.267. The number of ether oxygens (including phenoxy) is 6. The molecule has 0 bridgehead atoms. The lowest BCUT2D eigenvalue weighted by Gasteiger charge is -2.44. The molecule has 0 aliphatic carbocycles. The number of rotatable bonds is 25. The third-order valence-corrected chi connectivity index (χ3v) is 7.73. The summed E-state index contributed by atoms with van der Waals surface area (Å²) in [5, 5.41) is 0. The lowest BCUT2D eigenvalue weighted by atomic mass is 9.98. The number of hydrogen-bond donors (Lipinski definition) is 0. The molecule has 10 heteroatoms. The average Bonchev–Trinajstić information content (AvgIpc) is 2.95. The Morgan fingerprint density at radius 3 is 1.30 bits per heavy atom. The fourth-order valence-electron chi connectivity index (χ4n) is 5.53. The van der Waals surface area contributed by atoms with Gasteiger partial charge in [0.15, 0.2) is 24.6 Å². The molecule has 1 rings (SSSR count). The minimum atomic E-state index is -1.21. The van der Waals surface area contributed by atoms with Crippen molar-refractivity contribution >= 4 is 23.9 Å². The predicted octanol–water partition coefficient (Wildman–Crippen LogP) is 7.13. The van der Waals surface area contributed by atoms with Gasteiger partial charge in [-0.2, -0.15) is 0 Å². The molecule has 0 N–H and O–H groups in total. The standard InChI is InChI=1S/C34H60O10/c1-6-7-8-9-10-11-12-13-14-15-16-17-18-19-20-21-22-23-24-39-34-33(43-29(5)38)32(42-28(4)37)31(41-27(3)36)30(44-34)25-40-26(2)35/h30-34H,6-25H2,1-5H3/t30-,31+,32+,33-,34-/m1/s1. The first kappa shape index (κ1) is 39.8. The first-order chi connectivity index (χ1) is 21.1. The van der Waals surface area contributed by atoms with Crippen LogP contribution in [-0.2, 0) is 47.6 Å². The average molecular weight is 629 g/mol. The topological polar surface area (TPSA) is 124 Å². The molecule has 10 nitrogen and oxygen atoms in total. The van der Waals surface area contributed by atoms with E-state index in [1.54, 1.807) is 0 Å². The maximum absolute atomic E-state index is 11.9. The summed E-state index contributed by atoms with van der Waals surface area (Å²) < 4.78 is 33.3. The van der Waals surface area contributed by atoms with Gasteiger partial charge < -0.3 is 28.4 Å². The van der Waals surface area contributed by atoms with Gasteiger partial charge in [0.1, 0.15) is 12.7 Å². The summed E-state index contributed by atoms with van der Waals surface area (Å²) in [7, 11) is 0. The van der Waals surface area contributed by atoms with E-state index in [0.717, 1.165) is 19.3 Å². The van der Waals surface area contributed by atoms with Crippen molar-refractivity contribution in [1.82, 2.24) is 0 Å². The van der Waals surface area contributed by atoms with E-state index in [4.69, 9.17) is 28.4 Å². The quantitative estimate of drug-likeness (QED) is 0.0586. The minimum Gasteiger partial charge on any atom is -0.463 e. The molecule has 0 aromatic heterocycles. The van der Waals surface area contributed by atoms with Crippen molar-refractivity contribution in [1.29, 1.82) is 0 Å². The van der Waals surface area contributed by atoms with E-state index in [0.29, 0.717) is 6.61 Å². The summed E-state index contributed by atoms with van der Waals surface area (Å²) in [6.07, 6.45) is 17.3. The summed E-state index contributed by atoms with van der Waals surface area (Å²) in [6.45, 7) is 7.16. The van der Waals surface area contributed by atoms with Crippen LogP contribution in [0.3, 0.4) is 0 Å². The van der Waals surface area contributed by atoms with Crippen LogP contribution in [0, 0.1) is 0 Å². The predicted molar refractivity (Wildman–Crippen MR) is 167 cm³/mol. The van der Waals surface area contributed by atoms with Crippen molar-refractivity contribution in [3.63, 3.8) is 0 Å². The van der Waals surface area contributed by atoms with E-state index in [1.165, 1.54) is 124 Å². The fourth-order valence-corrected chi connectivity index (χ4v) is 5.53. The molecule has 1 aliphatic rings. The second-order valence-electron chi connectivity index (χ2n) is 11.9. The van der Waals surface area contributed by atoms with Gasteiger partial charge in [0.05, 0.1) is 0 Å². The maximum atomic E-state index is 11.9. The molecule has 256 valence electrons. The van der Waals surface area contributed by atoms with Gasteiger partial charge in [0, 0.05) is 34.3 Å². The molecular formula is C34H60O10. The summed E-state index contributed by atoms with van der Waals surface area (Å²) >= 11 is 0. The molecule has 1 fully saturated rings. The van der Waals surface area contributed by atoms with Crippen LogP contribution < -0.4 is 0 Å². The molecular weight excluding hydrogens is 568 g/mol. The lowest BCUT2D eigenvalue weighted by Crippen LogP contribution is -2.63. The fraction of sp³-hybridized carbons (Fsp3) is 0.882. The van der Waals surface area contributed by atoms with Gasteiger partial charge in [0.25, 0.3) is 0 Å². The lowest BCUT2D eigenvalue weighted by molar-refractivity contribution is -0.308. The van der Waals surface area contributed by atoms with E-state index in [1.807, 2.05) is 0 Å². The first-order valence-electron chi connectivity index (χ1n) is 17.1. The Bertz CT molecular complexity index is 801. The van der Waals surface area contributed by atoms with Crippen molar-refractivity contribution < 1.29 is 47.6 Å². The molecule has 1 heterocycles. The Labute approximate surface area is 265 Å². The third kappa shape index (κ3) is 19.2. The number of carbonyl (C=O) groups excluding carboxylic acids is 4. The van der Waals surface area contributed by atoms with Crippen LogP contribution in [0.2, 0.25) is 0 Å². The normalized spacial score (nSPS) is 21.4. The molecule has 1 saturated heterocycles. The van der Waals surface area contributed by atoms with Crippen LogP contribution in [0.4, 0.5) is 0 Å². The van der Waals surface area contributed by atoms with Crippen molar-refractivity contribution in [3.8, 4) is 0 Å². The second kappa shape index (κ2) is 25.0. The zero-order valence-corrected chi connectivity index (χ0v) is 28.1. The zero-order valence-electron chi connectivity index (χ0n) is 28.1. The van der Waals surface area contributed by atoms with Gasteiger partial charge in [-0.3, -0.25) is 19.2 Å². The van der Waals surface area contributed by atoms with Crippen LogP contribution in [0.1, 0.15) is 150 Å². The van der Waals surface area contributed by atoms with E-state index in [9.17, 15) is 19.2 Å². The molecule has 0 radical (unpaired) electrons. The highest BCUT2D eigenvalue weighted by Crippen LogP contribution is 2.30. The number of esters is 4. The molecule has 0 amide bonds. The summed E-state index contributed by atoms with van der Waals surface area (Å²) in [5.74, 6) is -2.53. The molecule has 0 aromatic carbocycles. The van der Waals surface area contributed by atoms with Crippen molar-refractivity contribution in [3.05, 3.63) is 0 Å². The first-order valence-corrected chi connectivity index (χ1v) is 17.1. The number of carbonyl (C=O) groups is 4. The van der Waals surface area contributed by atoms with E-state index < -0.39 is 54.6 Å². The second-order valence-corrected chi connectivity index (χ2v) is 11.9. The molecule has 0 unspecified atom stereocenters. The van der Waals surface area contributed by atoms with Crippen LogP contribution in [0.15, 0.2) is 0 Å². The smallest absolute Gasteiger partial charge is 0.303 e. The van der Waals surface area contributed by atoms with Crippen molar-refractivity contribution in [2.45, 2.75) is 181 Å². The Morgan fingerprint density at radius 1 is 0.500 bits per heavy atom. The highest BCUT2D eigenvalue weighted by Gasteiger charge is 2.52. The molecule has 0 spiro atoms. The Kier molecular flexibility index (Phi) is 22.7. The summed E-state index contributed by atoms with van der Waals surface area (Å²) in [6, 6.07) is 0. The summed E-state index contributed by atoms with van der Waals surface area (Å²) in [4.78, 5) is 47.1. The number of unbranched alkanes of at least 4 members (excludes halogenated alkanes) is 17. The van der Waals surface area contributed by atoms with Crippen LogP contribution in [0.25, 0.3) is 0 Å². The molecule has 5 atom stereocenters. The zero-order chi connectivity index (χ0) is 32.6. The van der Waals surface area contributed by atoms with Gasteiger partial charge in [-0.15, -0.1) is 0 Å². The van der Waals surface area contributed by atoms with Crippen LogP contribution in [-0.4, -0.2) is 67.8 Å². The van der Waals surface area contributed by atoms with Gasteiger partial charge >= 0.3 is 23.9 Å². The Hall–Kier alpha value is -2.20. The SMILES string of the molecule is CCCCCCCCCCCCCCCCCCCCO[C@@H]1O[C@H](COC(C)=O)[C@H](OC(C)=O)[C@H](OC(C)=O)[C@H]1OC(C)=O. The van der Waals surface area contributed by atoms with Gasteiger partial charge in [-0.1, -0.05) is 116 Å². The monoisotopic (exact) mass is 628 g/mol. The van der Waals surface area contributed by atoms with Crippen molar-refractivity contribution in [2.24, 2.45) is 0 Å². The van der Waals surface area contributed by atoms with Gasteiger partial charge in [-0.25, -0.2) is 0 Å². The largest absolute Gasteiger partial charge is 0.463 e. The maximum Gasteiger partial charge on any atom is 0.303 e. The van der Waals surface area contributed by atoms with Crippen LogP contribution >= 0.6 is 0 Å². The summed E-state index contributed by atoms with van der Waals surface area (Å²) in [5.41, 5.74) is 0. The van der Waals surface area contributed by atoms with Gasteiger partial charge in [0.2, 0.25) is 0 Å². The van der Waals surface area contributed by atoms with Gasteiger partial charge in [-0.05, 0) is 6.42 Å². The third-order valence-electron chi connectivity index (χ3n) is 7.73. The Balaban J connectivity index is 2.37. The molecule has 44 heavy (non-hydrogen) atoms. The van der Waals surface area contributed by atoms with Crippen LogP contribution in [0.5, 0.6) is 0 Å². The van der Waals surface area contributed by atoms with E-state index in [2.05, 4.69) is 6.92 Å². The Morgan fingerprint density at radius 2 is 0.886 bits per heavy atom. The molecule has 0 aromatic rings. The van der Waals surface area contributed by atoms with E-state index in [-0.39, 0.29) is 6.61 Å². The number of hydrogen-bond acceptors (Lipinski definition) is 10. The highest BCUT2D eigenvalue weighted by molar-refractivity contribution is 5.68. The molecule has 1 aliphatic heterocycles.